The Morgan fingerprint density at radius 2 is 2.00 bits per heavy atom. The number of phenols is 1. The Balaban J connectivity index is 2.23. The Morgan fingerprint density at radius 3 is 2.62 bits per heavy atom. The fraction of sp³-hybridized carbons (Fsp3) is 0.417. The average Bonchev–Trinajstić information content (AvgIpc) is 2.73. The Bertz CT molecular complexity index is 397. The number of rotatable bonds is 3. The number of carboxylic acids is 1. The third-order valence-corrected chi connectivity index (χ3v) is 2.88. The van der Waals surface area contributed by atoms with E-state index in [-0.39, 0.29) is 12.2 Å². The normalized spacial score (nSPS) is 15.4. The number of aliphatic carboxylic acids is 1. The third kappa shape index (κ3) is 2.27. The van der Waals surface area contributed by atoms with Crippen molar-refractivity contribution in [1.82, 2.24) is 0 Å². The first-order valence-corrected chi connectivity index (χ1v) is 5.45. The summed E-state index contributed by atoms with van der Waals surface area (Å²) in [6.45, 7) is 2.02. The van der Waals surface area contributed by atoms with E-state index in [4.69, 9.17) is 5.11 Å². The second kappa shape index (κ2) is 4.43. The van der Waals surface area contributed by atoms with Crippen LogP contribution in [0.15, 0.2) is 18.2 Å². The maximum absolute atomic E-state index is 10.6. The molecule has 0 aliphatic carbocycles. The molecule has 1 saturated heterocycles. The van der Waals surface area contributed by atoms with Crippen molar-refractivity contribution < 1.29 is 15.0 Å². The monoisotopic (exact) mass is 221 g/mol. The van der Waals surface area contributed by atoms with Crippen molar-refractivity contribution in [3.63, 3.8) is 0 Å². The van der Waals surface area contributed by atoms with E-state index < -0.39 is 5.97 Å². The standard InChI is InChI=1S/C12H15NO3/c14-11-4-3-10(13-5-1-2-6-13)7-9(11)8-12(15)16/h3-4,7,14H,1-2,5-6,8H2,(H,15,16). The SMILES string of the molecule is O=C(O)Cc1cc(N2CCCC2)ccc1O. The van der Waals surface area contributed by atoms with Gasteiger partial charge < -0.3 is 15.1 Å². The van der Waals surface area contributed by atoms with Gasteiger partial charge in [-0.05, 0) is 31.0 Å². The molecule has 0 atom stereocenters. The summed E-state index contributed by atoms with van der Waals surface area (Å²) in [4.78, 5) is 12.8. The fourth-order valence-electron chi connectivity index (χ4n) is 2.05. The average molecular weight is 221 g/mol. The smallest absolute Gasteiger partial charge is 0.307 e. The lowest BCUT2D eigenvalue weighted by Crippen LogP contribution is -2.17. The van der Waals surface area contributed by atoms with E-state index in [9.17, 15) is 9.90 Å². The highest BCUT2D eigenvalue weighted by Crippen LogP contribution is 2.26. The van der Waals surface area contributed by atoms with Crippen LogP contribution < -0.4 is 4.90 Å². The summed E-state index contributed by atoms with van der Waals surface area (Å²) in [5.74, 6) is -0.862. The van der Waals surface area contributed by atoms with Gasteiger partial charge in [0, 0.05) is 24.3 Å². The molecule has 86 valence electrons. The first kappa shape index (κ1) is 10.8. The first-order chi connectivity index (χ1) is 7.66. The number of hydrogen-bond acceptors (Lipinski definition) is 3. The molecule has 4 heteroatoms. The van der Waals surface area contributed by atoms with E-state index in [1.807, 2.05) is 6.07 Å². The van der Waals surface area contributed by atoms with Gasteiger partial charge in [-0.1, -0.05) is 0 Å². The van der Waals surface area contributed by atoms with Crippen LogP contribution in [-0.4, -0.2) is 29.3 Å². The molecule has 0 amide bonds. The van der Waals surface area contributed by atoms with Gasteiger partial charge in [0.05, 0.1) is 6.42 Å². The zero-order valence-electron chi connectivity index (χ0n) is 9.02. The summed E-state index contributed by atoms with van der Waals surface area (Å²) in [7, 11) is 0. The lowest BCUT2D eigenvalue weighted by molar-refractivity contribution is -0.136. The number of phenolic OH excluding ortho intramolecular Hbond substituents is 1. The minimum atomic E-state index is -0.922. The Morgan fingerprint density at radius 1 is 1.31 bits per heavy atom. The van der Waals surface area contributed by atoms with Crippen LogP contribution in [0.3, 0.4) is 0 Å². The molecule has 0 bridgehead atoms. The number of hydrogen-bond donors (Lipinski definition) is 2. The molecule has 0 spiro atoms. The summed E-state index contributed by atoms with van der Waals surface area (Å²) >= 11 is 0. The van der Waals surface area contributed by atoms with Crippen LogP contribution in [0.25, 0.3) is 0 Å². The van der Waals surface area contributed by atoms with Gasteiger partial charge in [0.15, 0.2) is 0 Å². The van der Waals surface area contributed by atoms with Crippen molar-refractivity contribution in [1.29, 1.82) is 0 Å². The van der Waals surface area contributed by atoms with Gasteiger partial charge in [0.1, 0.15) is 5.75 Å². The lowest BCUT2D eigenvalue weighted by Gasteiger charge is -2.18. The van der Waals surface area contributed by atoms with Crippen LogP contribution in [0.5, 0.6) is 5.75 Å². The van der Waals surface area contributed by atoms with Gasteiger partial charge >= 0.3 is 5.97 Å². The first-order valence-electron chi connectivity index (χ1n) is 5.45. The van der Waals surface area contributed by atoms with E-state index in [1.54, 1.807) is 12.1 Å². The Hall–Kier alpha value is -1.71. The highest BCUT2D eigenvalue weighted by Gasteiger charge is 2.14. The third-order valence-electron chi connectivity index (χ3n) is 2.88. The zero-order chi connectivity index (χ0) is 11.5. The number of carbonyl (C=O) groups is 1. The topological polar surface area (TPSA) is 60.8 Å². The molecule has 1 aliphatic heterocycles. The Kier molecular flexibility index (Phi) is 2.99. The molecule has 1 aromatic carbocycles. The van der Waals surface area contributed by atoms with Gasteiger partial charge in [-0.15, -0.1) is 0 Å². The number of benzene rings is 1. The van der Waals surface area contributed by atoms with Crippen LogP contribution in [0, 0.1) is 0 Å². The maximum atomic E-state index is 10.6. The van der Waals surface area contributed by atoms with Crippen LogP contribution in [0.4, 0.5) is 5.69 Å². The van der Waals surface area contributed by atoms with Crippen molar-refractivity contribution >= 4 is 11.7 Å². The van der Waals surface area contributed by atoms with E-state index >= 15 is 0 Å². The van der Waals surface area contributed by atoms with E-state index in [0.29, 0.717) is 5.56 Å². The lowest BCUT2D eigenvalue weighted by atomic mass is 10.1. The van der Waals surface area contributed by atoms with Crippen LogP contribution >= 0.6 is 0 Å². The molecule has 2 N–H and O–H groups in total. The molecule has 4 nitrogen and oxygen atoms in total. The molecule has 0 unspecified atom stereocenters. The Labute approximate surface area is 94.1 Å². The molecule has 1 heterocycles. The molecule has 1 aromatic rings. The van der Waals surface area contributed by atoms with Gasteiger partial charge in [-0.3, -0.25) is 4.79 Å². The molecule has 0 saturated carbocycles. The van der Waals surface area contributed by atoms with Crippen LogP contribution in [0.2, 0.25) is 0 Å². The van der Waals surface area contributed by atoms with Gasteiger partial charge in [-0.25, -0.2) is 0 Å². The second-order valence-corrected chi connectivity index (χ2v) is 4.08. The van der Waals surface area contributed by atoms with E-state index in [1.165, 1.54) is 12.8 Å². The molecular formula is C12H15NO3. The predicted molar refractivity (Wildman–Crippen MR) is 60.9 cm³/mol. The summed E-state index contributed by atoms with van der Waals surface area (Å²) < 4.78 is 0. The number of aromatic hydroxyl groups is 1. The number of carboxylic acid groups (broad SMARTS) is 1. The van der Waals surface area contributed by atoms with Gasteiger partial charge in [-0.2, -0.15) is 0 Å². The summed E-state index contributed by atoms with van der Waals surface area (Å²) in [6.07, 6.45) is 2.22. The quantitative estimate of drug-likeness (QED) is 0.814. The molecule has 0 aromatic heterocycles. The van der Waals surface area contributed by atoms with Crippen molar-refractivity contribution in [3.8, 4) is 5.75 Å². The van der Waals surface area contributed by atoms with Crippen molar-refractivity contribution in [2.45, 2.75) is 19.3 Å². The highest BCUT2D eigenvalue weighted by molar-refractivity contribution is 5.72. The fourth-order valence-corrected chi connectivity index (χ4v) is 2.05. The number of anilines is 1. The molecule has 2 rings (SSSR count). The number of nitrogens with zero attached hydrogens (tertiary/aromatic N) is 1. The van der Waals surface area contributed by atoms with Crippen molar-refractivity contribution in [2.75, 3.05) is 18.0 Å². The molecule has 0 radical (unpaired) electrons. The van der Waals surface area contributed by atoms with Crippen molar-refractivity contribution in [2.24, 2.45) is 0 Å². The second-order valence-electron chi connectivity index (χ2n) is 4.08. The summed E-state index contributed by atoms with van der Waals surface area (Å²) in [5, 5.41) is 18.3. The van der Waals surface area contributed by atoms with E-state index in [0.717, 1.165) is 18.8 Å². The van der Waals surface area contributed by atoms with Gasteiger partial charge in [0.25, 0.3) is 0 Å². The largest absolute Gasteiger partial charge is 0.508 e. The van der Waals surface area contributed by atoms with Gasteiger partial charge in [0.2, 0.25) is 0 Å². The minimum absolute atomic E-state index is 0.0605. The molecule has 16 heavy (non-hydrogen) atoms. The van der Waals surface area contributed by atoms with Crippen LogP contribution in [0.1, 0.15) is 18.4 Å². The predicted octanol–water partition coefficient (Wildman–Crippen LogP) is 1.62. The summed E-state index contributed by atoms with van der Waals surface area (Å²) in [6, 6.07) is 5.19. The molecule has 1 aliphatic rings. The highest BCUT2D eigenvalue weighted by atomic mass is 16.4. The van der Waals surface area contributed by atoms with E-state index in [2.05, 4.69) is 4.90 Å². The van der Waals surface area contributed by atoms with Crippen molar-refractivity contribution in [3.05, 3.63) is 23.8 Å². The zero-order valence-corrected chi connectivity index (χ0v) is 9.02. The summed E-state index contributed by atoms with van der Waals surface area (Å²) in [5.41, 5.74) is 1.49. The minimum Gasteiger partial charge on any atom is -0.508 e. The maximum Gasteiger partial charge on any atom is 0.307 e. The molecular weight excluding hydrogens is 206 g/mol. The molecule has 1 fully saturated rings. The van der Waals surface area contributed by atoms with Crippen LogP contribution in [-0.2, 0) is 11.2 Å².